The topological polar surface area (TPSA) is 12.0 Å². The van der Waals surface area contributed by atoms with E-state index < -0.39 is 20.1 Å². The molecule has 0 radical (unpaired) electrons. The average molecular weight is 354 g/mol. The summed E-state index contributed by atoms with van der Waals surface area (Å²) >= 11 is -0.0632. The van der Waals surface area contributed by atoms with Crippen LogP contribution in [0.3, 0.4) is 0 Å². The molecule has 58 valence electrons. The first kappa shape index (κ1) is 8.52. The number of hydrogen-bond acceptors (Lipinski definition) is 1. The molecule has 0 bridgehead atoms. The molecule has 1 heterocycles. The maximum atomic E-state index is 3.49. The van der Waals surface area contributed by atoms with Gasteiger partial charge in [0.15, 0.2) is 0 Å². The third-order valence-electron chi connectivity index (χ3n) is 1.78. The molecule has 1 atom stereocenters. The molecular weight excluding hydrogens is 340 g/mol. The van der Waals surface area contributed by atoms with E-state index in [1.165, 1.54) is 6.42 Å². The minimum atomic E-state index is -0.665. The SMILES string of the molecule is CNI(C)C1(C)CC[I-]1. The van der Waals surface area contributed by atoms with Crippen LogP contribution in [0, 0.1) is 0 Å². The van der Waals surface area contributed by atoms with Crippen LogP contribution >= 0.6 is 20.1 Å². The molecule has 1 aliphatic heterocycles. The number of alkyl halides is 4. The van der Waals surface area contributed by atoms with E-state index in [2.05, 4.69) is 22.4 Å². The number of halogens is 2. The Morgan fingerprint density at radius 3 is 2.33 bits per heavy atom. The number of hydrogen-bond donors (Lipinski definition) is 1. The molecule has 0 aromatic carbocycles. The van der Waals surface area contributed by atoms with Crippen molar-refractivity contribution in [1.82, 2.24) is 3.53 Å². The van der Waals surface area contributed by atoms with Crippen LogP contribution in [0.25, 0.3) is 0 Å². The second-order valence-corrected chi connectivity index (χ2v) is 14.7. The summed E-state index contributed by atoms with van der Waals surface area (Å²) in [6, 6.07) is 0. The van der Waals surface area contributed by atoms with E-state index in [4.69, 9.17) is 0 Å². The molecule has 1 aliphatic rings. The van der Waals surface area contributed by atoms with Crippen molar-refractivity contribution in [2.75, 3.05) is 16.4 Å². The summed E-state index contributed by atoms with van der Waals surface area (Å²) in [5.74, 6) is 0. The van der Waals surface area contributed by atoms with Gasteiger partial charge in [-0.25, -0.2) is 0 Å². The van der Waals surface area contributed by atoms with Gasteiger partial charge in [0, 0.05) is 0 Å². The molecule has 1 nitrogen and oxygen atoms in total. The minimum absolute atomic E-state index is 0.602. The third-order valence-corrected chi connectivity index (χ3v) is 16.6. The predicted octanol–water partition coefficient (Wildman–Crippen LogP) is -1.53. The van der Waals surface area contributed by atoms with Gasteiger partial charge in [-0.05, 0) is 0 Å². The molecule has 9 heavy (non-hydrogen) atoms. The van der Waals surface area contributed by atoms with E-state index in [9.17, 15) is 0 Å². The quantitative estimate of drug-likeness (QED) is 0.361. The second kappa shape index (κ2) is 3.21. The van der Waals surface area contributed by atoms with Crippen LogP contribution in [-0.2, 0) is 0 Å². The molecule has 1 fully saturated rings. The average Bonchev–Trinajstić information content (AvgIpc) is 1.81. The molecule has 0 aromatic heterocycles. The van der Waals surface area contributed by atoms with Gasteiger partial charge in [0.1, 0.15) is 0 Å². The summed E-state index contributed by atoms with van der Waals surface area (Å²) in [6.45, 7) is 2.49. The van der Waals surface area contributed by atoms with Gasteiger partial charge >= 0.3 is 76.0 Å². The Bertz CT molecular complexity index is 101. The first-order valence-electron chi connectivity index (χ1n) is 3.07. The fraction of sp³-hybridized carbons (Fsp3) is 1.00. The Morgan fingerprint density at radius 1 is 1.67 bits per heavy atom. The zero-order valence-corrected chi connectivity index (χ0v) is 10.5. The van der Waals surface area contributed by atoms with Gasteiger partial charge in [-0.1, -0.05) is 0 Å². The van der Waals surface area contributed by atoms with Crippen LogP contribution < -0.4 is 24.7 Å². The molecule has 0 spiro atoms. The van der Waals surface area contributed by atoms with Crippen LogP contribution in [0.5, 0.6) is 0 Å². The van der Waals surface area contributed by atoms with Gasteiger partial charge in [-0.3, -0.25) is 0 Å². The van der Waals surface area contributed by atoms with Gasteiger partial charge in [-0.15, -0.1) is 0 Å². The van der Waals surface area contributed by atoms with E-state index in [1.54, 1.807) is 4.43 Å². The van der Waals surface area contributed by atoms with E-state index >= 15 is 0 Å². The number of rotatable bonds is 2. The van der Waals surface area contributed by atoms with Crippen LogP contribution in [0.15, 0.2) is 0 Å². The molecule has 3 heteroatoms. The Labute approximate surface area is 75.4 Å². The monoisotopic (exact) mass is 354 g/mol. The van der Waals surface area contributed by atoms with Crippen molar-refractivity contribution in [3.05, 3.63) is 0 Å². The van der Waals surface area contributed by atoms with Gasteiger partial charge in [0.05, 0.1) is 0 Å². The Kier molecular flexibility index (Phi) is 3.04. The van der Waals surface area contributed by atoms with Gasteiger partial charge in [-0.2, -0.15) is 0 Å². The molecule has 0 saturated carbocycles. The van der Waals surface area contributed by atoms with Crippen molar-refractivity contribution in [1.29, 1.82) is 0 Å². The second-order valence-electron chi connectivity index (χ2n) is 2.30. The van der Waals surface area contributed by atoms with E-state index in [0.717, 1.165) is 1.43 Å². The molecule has 0 aliphatic carbocycles. The summed E-state index contributed by atoms with van der Waals surface area (Å²) in [7, 11) is 2.14. The van der Waals surface area contributed by atoms with Gasteiger partial charge < -0.3 is 0 Å². The summed E-state index contributed by atoms with van der Waals surface area (Å²) in [4.78, 5) is 2.46. The number of nitrogens with one attached hydrogen (secondary N) is 1. The summed E-state index contributed by atoms with van der Waals surface area (Å²) < 4.78 is 5.96. The van der Waals surface area contributed by atoms with E-state index in [1.807, 2.05) is 0 Å². The van der Waals surface area contributed by atoms with Crippen LogP contribution in [0.2, 0.25) is 0 Å². The van der Waals surface area contributed by atoms with Crippen LogP contribution in [-0.4, -0.2) is 17.8 Å². The standard InChI is InChI=1S/C6H14I2N/c1-6(4-5-7-6)8(2)9-3/h9H,4-5H2,1-3H3/q-1. The fourth-order valence-corrected chi connectivity index (χ4v) is 12.2. The summed E-state index contributed by atoms with van der Waals surface area (Å²) in [5.41, 5.74) is 0. The zero-order chi connectivity index (χ0) is 6.91. The molecule has 1 saturated heterocycles. The van der Waals surface area contributed by atoms with Crippen molar-refractivity contribution >= 4 is 20.1 Å². The van der Waals surface area contributed by atoms with Crippen molar-refractivity contribution in [2.45, 2.75) is 14.8 Å². The first-order valence-corrected chi connectivity index (χ1v) is 9.99. The van der Waals surface area contributed by atoms with Crippen LogP contribution in [0.4, 0.5) is 0 Å². The predicted molar refractivity (Wildman–Crippen MR) is 46.9 cm³/mol. The Hall–Kier alpha value is 1.42. The normalized spacial score (nSPS) is 36.6. The summed E-state index contributed by atoms with van der Waals surface area (Å²) in [5, 5.41) is 0. The molecular formula is C6H14I2N-. The van der Waals surface area contributed by atoms with E-state index in [0.29, 0.717) is 21.2 Å². The van der Waals surface area contributed by atoms with Crippen molar-refractivity contribution < 1.29 is 21.2 Å². The van der Waals surface area contributed by atoms with Gasteiger partial charge in [0.25, 0.3) is 0 Å². The molecule has 1 rings (SSSR count). The maximum absolute atomic E-state index is 3.49. The molecule has 1 unspecified atom stereocenters. The molecule has 1 N–H and O–H groups in total. The van der Waals surface area contributed by atoms with Crippen molar-refractivity contribution in [3.63, 3.8) is 0 Å². The third kappa shape index (κ3) is 1.71. The van der Waals surface area contributed by atoms with Crippen molar-refractivity contribution in [2.24, 2.45) is 0 Å². The Balaban J connectivity index is 2.38. The van der Waals surface area contributed by atoms with Crippen molar-refractivity contribution in [3.8, 4) is 0 Å². The van der Waals surface area contributed by atoms with E-state index in [-0.39, 0.29) is 0 Å². The Morgan fingerprint density at radius 2 is 2.22 bits per heavy atom. The van der Waals surface area contributed by atoms with Gasteiger partial charge in [0.2, 0.25) is 0 Å². The van der Waals surface area contributed by atoms with Crippen LogP contribution in [0.1, 0.15) is 13.3 Å². The first-order chi connectivity index (χ1) is 4.19. The zero-order valence-electron chi connectivity index (χ0n) is 6.17. The molecule has 0 aromatic rings. The molecule has 0 amide bonds. The fourth-order valence-electron chi connectivity index (χ4n) is 0.769. The summed E-state index contributed by atoms with van der Waals surface area (Å²) in [6.07, 6.45) is 1.53.